The predicted molar refractivity (Wildman–Crippen MR) is 113 cm³/mol. The zero-order valence-electron chi connectivity index (χ0n) is 16.5. The van der Waals surface area contributed by atoms with Crippen molar-refractivity contribution in [3.8, 4) is 0 Å². The van der Waals surface area contributed by atoms with Gasteiger partial charge in [0.15, 0.2) is 0 Å². The fraction of sp³-hybridized carbons (Fsp3) is 0.0769. The largest absolute Gasteiger partial charge is 1.00 e. The van der Waals surface area contributed by atoms with E-state index in [9.17, 15) is 0 Å². The van der Waals surface area contributed by atoms with Crippen LogP contribution in [-0.2, 0) is 23.2 Å². The van der Waals surface area contributed by atoms with E-state index in [2.05, 4.69) is 111 Å². The van der Waals surface area contributed by atoms with Gasteiger partial charge in [-0.3, -0.25) is 0 Å². The van der Waals surface area contributed by atoms with Crippen molar-refractivity contribution >= 4 is 12.2 Å². The minimum atomic E-state index is -0.881. The van der Waals surface area contributed by atoms with E-state index in [1.165, 1.54) is 33.4 Å². The molecule has 3 heteroatoms. The van der Waals surface area contributed by atoms with Crippen LogP contribution in [0.4, 0.5) is 0 Å². The summed E-state index contributed by atoms with van der Waals surface area (Å²) < 4.78 is 3.13. The third-order valence-electron chi connectivity index (χ3n) is 4.92. The molecule has 0 nitrogen and oxygen atoms in total. The molecule has 0 amide bonds. The van der Waals surface area contributed by atoms with E-state index in [1.807, 2.05) is 0 Å². The Hall–Kier alpha value is -1.66. The van der Waals surface area contributed by atoms with Gasteiger partial charge in [-0.15, -0.1) is 0 Å². The van der Waals surface area contributed by atoms with E-state index < -0.39 is 23.2 Å². The topological polar surface area (TPSA) is 0 Å². The number of benzene rings is 2. The molecular formula is C26H22Cl2Zr. The van der Waals surface area contributed by atoms with Gasteiger partial charge in [0.05, 0.1) is 0 Å². The molecule has 29 heavy (non-hydrogen) atoms. The summed E-state index contributed by atoms with van der Waals surface area (Å²) in [5.41, 5.74) is 8.18. The molecule has 0 saturated carbocycles. The zero-order chi connectivity index (χ0) is 18.6. The Morgan fingerprint density at radius 2 is 0.931 bits per heavy atom. The van der Waals surface area contributed by atoms with Gasteiger partial charge in [0.25, 0.3) is 0 Å². The van der Waals surface area contributed by atoms with Crippen LogP contribution >= 0.6 is 0 Å². The second-order valence-corrected chi connectivity index (χ2v) is 10.2. The van der Waals surface area contributed by atoms with Gasteiger partial charge in [0, 0.05) is 0 Å². The van der Waals surface area contributed by atoms with Crippen LogP contribution in [0.2, 0.25) is 0 Å². The summed E-state index contributed by atoms with van der Waals surface area (Å²) in [5, 5.41) is 0. The third kappa shape index (κ3) is 5.70. The summed E-state index contributed by atoms with van der Waals surface area (Å²) in [7, 11) is 0. The molecule has 0 bridgehead atoms. The molecule has 0 radical (unpaired) electrons. The van der Waals surface area contributed by atoms with E-state index in [0.29, 0.717) is 0 Å². The zero-order valence-corrected chi connectivity index (χ0v) is 20.5. The molecule has 0 heterocycles. The number of halogens is 2. The maximum Gasteiger partial charge on any atom is -1.00 e. The fourth-order valence-corrected chi connectivity index (χ4v) is 6.90. The Kier molecular flexibility index (Phi) is 8.90. The van der Waals surface area contributed by atoms with E-state index in [-0.39, 0.29) is 24.8 Å². The molecule has 0 N–H and O–H groups in total. The Bertz CT molecular complexity index is 951. The predicted octanol–water partition coefficient (Wildman–Crippen LogP) is 0.932. The van der Waals surface area contributed by atoms with Gasteiger partial charge in [-0.25, -0.2) is 0 Å². The summed E-state index contributed by atoms with van der Waals surface area (Å²) in [6.07, 6.45) is 14.0. The minimum absolute atomic E-state index is 0. The number of hydrogen-bond acceptors (Lipinski definition) is 0. The molecule has 2 aromatic rings. The molecule has 0 fully saturated rings. The summed E-state index contributed by atoms with van der Waals surface area (Å²) >= 11 is -0.881. The van der Waals surface area contributed by atoms with Gasteiger partial charge in [0.1, 0.15) is 0 Å². The van der Waals surface area contributed by atoms with Crippen molar-refractivity contribution in [1.82, 2.24) is 0 Å². The molecule has 4 rings (SSSR count). The van der Waals surface area contributed by atoms with Crippen LogP contribution < -0.4 is 24.8 Å². The van der Waals surface area contributed by atoms with Crippen molar-refractivity contribution in [2.24, 2.45) is 0 Å². The van der Waals surface area contributed by atoms with Crippen molar-refractivity contribution in [2.75, 3.05) is 0 Å². The average molecular weight is 497 g/mol. The quantitative estimate of drug-likeness (QED) is 0.591. The van der Waals surface area contributed by atoms with Crippen LogP contribution in [-0.4, -0.2) is 0 Å². The monoisotopic (exact) mass is 494 g/mol. The van der Waals surface area contributed by atoms with Gasteiger partial charge in [-0.05, 0) is 0 Å². The van der Waals surface area contributed by atoms with Crippen LogP contribution in [0.5, 0.6) is 0 Å². The standard InChI is InChI=1S/2C13H11.2ClH.Zr/c2*1-11-6-5-9-13(11)10-12-7-3-2-4-8-12;;;/h2*2-8,10H,1H3;2*1H;/q;;;;+2/p-2. The maximum absolute atomic E-state index is 2.35. The van der Waals surface area contributed by atoms with Gasteiger partial charge in [-0.1, -0.05) is 0 Å². The molecule has 0 atom stereocenters. The van der Waals surface area contributed by atoms with E-state index in [1.54, 1.807) is 6.56 Å². The van der Waals surface area contributed by atoms with Crippen LogP contribution in [0, 0.1) is 0 Å². The average Bonchev–Trinajstić information content (AvgIpc) is 3.21. The Labute approximate surface area is 197 Å². The Morgan fingerprint density at radius 3 is 1.31 bits per heavy atom. The van der Waals surface area contributed by atoms with Crippen LogP contribution in [0.3, 0.4) is 0 Å². The maximum atomic E-state index is 2.35. The molecule has 144 valence electrons. The molecule has 0 unspecified atom stereocenters. The van der Waals surface area contributed by atoms with Crippen LogP contribution in [0.1, 0.15) is 25.0 Å². The van der Waals surface area contributed by atoms with Gasteiger partial charge in [0.2, 0.25) is 0 Å². The molecular weight excluding hydrogens is 474 g/mol. The Balaban J connectivity index is 0.00000150. The SMILES string of the molecule is CC1=CC=[C]([Zr+2][C]2=CC=C(C)C2=Cc2ccccc2)C1=Cc1ccccc1.[Cl-].[Cl-]. The second-order valence-electron chi connectivity index (χ2n) is 6.92. The number of allylic oxidation sites excluding steroid dienone is 10. The number of hydrogen-bond donors (Lipinski definition) is 0. The van der Waals surface area contributed by atoms with Gasteiger partial charge < -0.3 is 24.8 Å². The minimum Gasteiger partial charge on any atom is -1.00 e. The van der Waals surface area contributed by atoms with Crippen LogP contribution in [0.25, 0.3) is 12.2 Å². The summed E-state index contributed by atoms with van der Waals surface area (Å²) in [4.78, 5) is 0. The van der Waals surface area contributed by atoms with Crippen LogP contribution in [0.15, 0.2) is 114 Å². The molecule has 0 saturated heterocycles. The summed E-state index contributed by atoms with van der Waals surface area (Å²) in [6, 6.07) is 21.3. The van der Waals surface area contributed by atoms with Crippen molar-refractivity contribution in [1.29, 1.82) is 0 Å². The second kappa shape index (κ2) is 10.9. The first-order valence-electron chi connectivity index (χ1n) is 9.30. The molecule has 0 aromatic heterocycles. The summed E-state index contributed by atoms with van der Waals surface area (Å²) in [6.45, 7) is 4.45. The normalized spacial score (nSPS) is 17.6. The molecule has 2 aliphatic carbocycles. The van der Waals surface area contributed by atoms with Crippen molar-refractivity contribution < 1.29 is 48.0 Å². The van der Waals surface area contributed by atoms with E-state index >= 15 is 0 Å². The van der Waals surface area contributed by atoms with Gasteiger partial charge in [-0.2, -0.15) is 0 Å². The van der Waals surface area contributed by atoms with E-state index in [0.717, 1.165) is 0 Å². The molecule has 0 aliphatic heterocycles. The van der Waals surface area contributed by atoms with Crippen molar-refractivity contribution in [2.45, 2.75) is 13.8 Å². The first-order chi connectivity index (χ1) is 13.2. The van der Waals surface area contributed by atoms with E-state index in [4.69, 9.17) is 0 Å². The number of rotatable bonds is 4. The smallest absolute Gasteiger partial charge is 1.00 e. The third-order valence-corrected chi connectivity index (χ3v) is 8.39. The Morgan fingerprint density at radius 1 is 0.552 bits per heavy atom. The first-order valence-corrected chi connectivity index (χ1v) is 11.8. The first kappa shape index (κ1) is 23.6. The molecule has 2 aliphatic rings. The summed E-state index contributed by atoms with van der Waals surface area (Å²) in [5.74, 6) is 0. The van der Waals surface area contributed by atoms with Crippen molar-refractivity contribution in [3.63, 3.8) is 0 Å². The fourth-order valence-electron chi connectivity index (χ4n) is 3.38. The molecule has 0 spiro atoms. The van der Waals surface area contributed by atoms with Gasteiger partial charge >= 0.3 is 174 Å². The molecule has 2 aromatic carbocycles. The van der Waals surface area contributed by atoms with Crippen molar-refractivity contribution in [3.05, 3.63) is 125 Å².